The molecule has 1 aromatic carbocycles. The molecule has 1 N–H and O–H groups in total. The number of rotatable bonds is 9. The zero-order valence-electron chi connectivity index (χ0n) is 14.5. The molecule has 1 amide bonds. The number of carbonyl (C=O) groups excluding carboxylic acids is 1. The molecular formula is C17H25N5OS. The minimum absolute atomic E-state index is 0.0136. The van der Waals surface area contributed by atoms with Gasteiger partial charge in [0.05, 0.1) is 11.4 Å². The lowest BCUT2D eigenvalue weighted by Crippen LogP contribution is -2.33. The molecule has 24 heavy (non-hydrogen) atoms. The molecule has 2 rings (SSSR count). The number of para-hydroxylation sites is 1. The van der Waals surface area contributed by atoms with Gasteiger partial charge in [-0.15, -0.1) is 5.10 Å². The molecule has 0 saturated heterocycles. The van der Waals surface area contributed by atoms with E-state index in [9.17, 15) is 4.79 Å². The van der Waals surface area contributed by atoms with Gasteiger partial charge in [-0.25, -0.2) is 0 Å². The van der Waals surface area contributed by atoms with Crippen LogP contribution in [0.4, 0.5) is 0 Å². The lowest BCUT2D eigenvalue weighted by Gasteiger charge is -2.14. The first-order chi connectivity index (χ1) is 11.6. The highest BCUT2D eigenvalue weighted by molar-refractivity contribution is 7.99. The second-order valence-electron chi connectivity index (χ2n) is 6.29. The molecule has 0 aliphatic rings. The van der Waals surface area contributed by atoms with Gasteiger partial charge >= 0.3 is 0 Å². The van der Waals surface area contributed by atoms with Gasteiger partial charge in [-0.2, -0.15) is 4.68 Å². The maximum atomic E-state index is 12.1. The quantitative estimate of drug-likeness (QED) is 0.706. The molecule has 130 valence electrons. The van der Waals surface area contributed by atoms with Crippen LogP contribution in [0.1, 0.15) is 40.0 Å². The smallest absolute Gasteiger partial charge is 0.230 e. The molecule has 1 heterocycles. The van der Waals surface area contributed by atoms with Crippen LogP contribution in [0, 0.1) is 5.92 Å². The van der Waals surface area contributed by atoms with Crippen LogP contribution in [0.2, 0.25) is 0 Å². The van der Waals surface area contributed by atoms with Gasteiger partial charge < -0.3 is 5.32 Å². The Bertz CT molecular complexity index is 629. The highest BCUT2D eigenvalue weighted by Gasteiger charge is 2.13. The van der Waals surface area contributed by atoms with E-state index in [0.717, 1.165) is 18.5 Å². The van der Waals surface area contributed by atoms with Crippen LogP contribution in [0.3, 0.4) is 0 Å². The summed E-state index contributed by atoms with van der Waals surface area (Å²) in [7, 11) is 0. The molecule has 7 heteroatoms. The highest BCUT2D eigenvalue weighted by Crippen LogP contribution is 2.17. The van der Waals surface area contributed by atoms with Crippen molar-refractivity contribution in [3.8, 4) is 5.69 Å². The molecule has 1 unspecified atom stereocenters. The van der Waals surface area contributed by atoms with Crippen molar-refractivity contribution in [1.82, 2.24) is 25.5 Å². The molecule has 0 spiro atoms. The first kappa shape index (κ1) is 18.4. The van der Waals surface area contributed by atoms with E-state index in [4.69, 9.17) is 0 Å². The molecule has 0 aliphatic heterocycles. The highest BCUT2D eigenvalue weighted by atomic mass is 32.2. The fourth-order valence-corrected chi connectivity index (χ4v) is 3.05. The minimum atomic E-state index is 0.0136. The summed E-state index contributed by atoms with van der Waals surface area (Å²) in [5.74, 6) is 1.03. The number of aromatic nitrogens is 4. The van der Waals surface area contributed by atoms with Crippen molar-refractivity contribution >= 4 is 17.7 Å². The van der Waals surface area contributed by atoms with Gasteiger partial charge in [0.1, 0.15) is 0 Å². The SMILES string of the molecule is CC(C)CCCC(C)NC(=O)CSc1nnnn1-c1ccccc1. The van der Waals surface area contributed by atoms with Gasteiger partial charge in [0, 0.05) is 6.04 Å². The van der Waals surface area contributed by atoms with Crippen LogP contribution in [-0.4, -0.2) is 37.9 Å². The van der Waals surface area contributed by atoms with E-state index in [0.29, 0.717) is 16.8 Å². The van der Waals surface area contributed by atoms with Crippen molar-refractivity contribution < 1.29 is 4.79 Å². The van der Waals surface area contributed by atoms with Crippen LogP contribution >= 0.6 is 11.8 Å². The van der Waals surface area contributed by atoms with Crippen LogP contribution < -0.4 is 5.32 Å². The summed E-state index contributed by atoms with van der Waals surface area (Å²) in [6.07, 6.45) is 3.34. The van der Waals surface area contributed by atoms with Crippen molar-refractivity contribution in [2.24, 2.45) is 5.92 Å². The average molecular weight is 347 g/mol. The third-order valence-electron chi connectivity index (χ3n) is 3.60. The zero-order valence-corrected chi connectivity index (χ0v) is 15.3. The third kappa shape index (κ3) is 5.96. The molecule has 6 nitrogen and oxygen atoms in total. The molecule has 1 atom stereocenters. The fourth-order valence-electron chi connectivity index (χ4n) is 2.35. The van der Waals surface area contributed by atoms with Crippen LogP contribution in [-0.2, 0) is 4.79 Å². The number of carbonyl (C=O) groups is 1. The van der Waals surface area contributed by atoms with Gasteiger partial charge in [-0.05, 0) is 41.8 Å². The Morgan fingerprint density at radius 2 is 1.96 bits per heavy atom. The number of tetrazole rings is 1. The Balaban J connectivity index is 1.79. The summed E-state index contributed by atoms with van der Waals surface area (Å²) in [5.41, 5.74) is 0.882. The Morgan fingerprint density at radius 3 is 2.67 bits per heavy atom. The molecule has 0 fully saturated rings. The first-order valence-corrected chi connectivity index (χ1v) is 9.30. The van der Waals surface area contributed by atoms with Crippen molar-refractivity contribution in [2.75, 3.05) is 5.75 Å². The maximum Gasteiger partial charge on any atom is 0.230 e. The standard InChI is InChI=1S/C17H25N5OS/c1-13(2)8-7-9-14(3)18-16(23)12-24-17-19-20-21-22(17)15-10-5-4-6-11-15/h4-6,10-11,13-14H,7-9,12H2,1-3H3,(H,18,23). The van der Waals surface area contributed by atoms with Crippen molar-refractivity contribution in [3.63, 3.8) is 0 Å². The Morgan fingerprint density at radius 1 is 1.21 bits per heavy atom. The summed E-state index contributed by atoms with van der Waals surface area (Å²) < 4.78 is 1.64. The summed E-state index contributed by atoms with van der Waals surface area (Å²) in [6.45, 7) is 6.49. The number of hydrogen-bond acceptors (Lipinski definition) is 5. The fraction of sp³-hybridized carbons (Fsp3) is 0.529. The van der Waals surface area contributed by atoms with Gasteiger partial charge in [-0.3, -0.25) is 4.79 Å². The third-order valence-corrected chi connectivity index (χ3v) is 4.52. The van der Waals surface area contributed by atoms with Gasteiger partial charge in [-0.1, -0.05) is 56.7 Å². The summed E-state index contributed by atoms with van der Waals surface area (Å²) in [6, 6.07) is 9.85. The Labute approximate surface area is 147 Å². The number of hydrogen-bond donors (Lipinski definition) is 1. The number of amides is 1. The number of benzene rings is 1. The predicted molar refractivity (Wildman–Crippen MR) is 96.2 cm³/mol. The summed E-state index contributed by atoms with van der Waals surface area (Å²) >= 11 is 1.34. The van der Waals surface area contributed by atoms with Crippen LogP contribution in [0.25, 0.3) is 5.69 Å². The maximum absolute atomic E-state index is 12.1. The van der Waals surface area contributed by atoms with E-state index in [2.05, 4.69) is 41.6 Å². The van der Waals surface area contributed by atoms with Crippen molar-refractivity contribution in [1.29, 1.82) is 0 Å². The monoisotopic (exact) mass is 347 g/mol. The van der Waals surface area contributed by atoms with Gasteiger partial charge in [0.2, 0.25) is 11.1 Å². The minimum Gasteiger partial charge on any atom is -0.353 e. The van der Waals surface area contributed by atoms with Crippen LogP contribution in [0.15, 0.2) is 35.5 Å². The average Bonchev–Trinajstić information content (AvgIpc) is 3.02. The number of thioether (sulfide) groups is 1. The van der Waals surface area contributed by atoms with E-state index in [1.165, 1.54) is 18.2 Å². The lowest BCUT2D eigenvalue weighted by molar-refractivity contribution is -0.119. The molecule has 1 aromatic heterocycles. The zero-order chi connectivity index (χ0) is 17.4. The number of nitrogens with one attached hydrogen (secondary N) is 1. The second-order valence-corrected chi connectivity index (χ2v) is 7.23. The van der Waals surface area contributed by atoms with E-state index in [-0.39, 0.29) is 11.9 Å². The van der Waals surface area contributed by atoms with Crippen LogP contribution in [0.5, 0.6) is 0 Å². The topological polar surface area (TPSA) is 72.7 Å². The summed E-state index contributed by atoms with van der Waals surface area (Å²) in [4.78, 5) is 12.1. The lowest BCUT2D eigenvalue weighted by atomic mass is 10.0. The van der Waals surface area contributed by atoms with E-state index in [1.54, 1.807) is 4.68 Å². The molecule has 0 saturated carbocycles. The predicted octanol–water partition coefficient (Wildman–Crippen LogP) is 3.09. The molecule has 2 aromatic rings. The molecule has 0 bridgehead atoms. The Hall–Kier alpha value is -1.89. The largest absolute Gasteiger partial charge is 0.353 e. The van der Waals surface area contributed by atoms with E-state index >= 15 is 0 Å². The molecule has 0 aliphatic carbocycles. The summed E-state index contributed by atoms with van der Waals surface area (Å²) in [5, 5.41) is 15.3. The van der Waals surface area contributed by atoms with Crippen molar-refractivity contribution in [3.05, 3.63) is 30.3 Å². The second kappa shape index (κ2) is 9.42. The first-order valence-electron chi connectivity index (χ1n) is 8.32. The Kier molecular flexibility index (Phi) is 7.24. The molecule has 0 radical (unpaired) electrons. The number of nitrogens with zero attached hydrogens (tertiary/aromatic N) is 4. The van der Waals surface area contributed by atoms with Gasteiger partial charge in [0.15, 0.2) is 0 Å². The van der Waals surface area contributed by atoms with Gasteiger partial charge in [0.25, 0.3) is 0 Å². The van der Waals surface area contributed by atoms with E-state index in [1.807, 2.05) is 30.3 Å². The molecular weight excluding hydrogens is 322 g/mol. The van der Waals surface area contributed by atoms with Crippen molar-refractivity contribution in [2.45, 2.75) is 51.2 Å². The normalized spacial score (nSPS) is 12.3. The van der Waals surface area contributed by atoms with E-state index < -0.39 is 0 Å².